The van der Waals surface area contributed by atoms with E-state index < -0.39 is 0 Å². The van der Waals surface area contributed by atoms with Crippen LogP contribution in [0.1, 0.15) is 56.6 Å². The third-order valence-corrected chi connectivity index (χ3v) is 4.18. The summed E-state index contributed by atoms with van der Waals surface area (Å²) in [6.07, 6.45) is 7.63. The summed E-state index contributed by atoms with van der Waals surface area (Å²) in [5.74, 6) is 1.08. The molecule has 0 aliphatic heterocycles. The molecule has 2 rings (SSSR count). The number of halogens is 1. The summed E-state index contributed by atoms with van der Waals surface area (Å²) in [5.41, 5.74) is 2.50. The molecule has 0 radical (unpaired) electrons. The molecule has 1 aromatic rings. The summed E-state index contributed by atoms with van der Waals surface area (Å²) in [7, 11) is 0. The Balaban J connectivity index is 1.92. The number of benzene rings is 1. The van der Waals surface area contributed by atoms with Crippen LogP contribution in [-0.2, 0) is 6.54 Å². The van der Waals surface area contributed by atoms with Crippen LogP contribution in [0.4, 0.5) is 0 Å². The third-order valence-electron chi connectivity index (χ3n) is 3.72. The average Bonchev–Trinajstić information content (AvgIpc) is 3.22. The number of hydrogen-bond acceptors (Lipinski definition) is 2. The highest BCUT2D eigenvalue weighted by atomic mass is 79.9. The molecule has 0 heterocycles. The van der Waals surface area contributed by atoms with E-state index in [1.54, 1.807) is 0 Å². The van der Waals surface area contributed by atoms with Crippen molar-refractivity contribution in [3.05, 3.63) is 27.7 Å². The highest BCUT2D eigenvalue weighted by Crippen LogP contribution is 2.29. The Kier molecular flexibility index (Phi) is 6.37. The van der Waals surface area contributed by atoms with E-state index in [4.69, 9.17) is 4.74 Å². The smallest absolute Gasteiger partial charge is 0.126 e. The minimum atomic E-state index is 0.728. The van der Waals surface area contributed by atoms with Gasteiger partial charge in [-0.05, 0) is 43.9 Å². The maximum atomic E-state index is 6.06. The Morgan fingerprint density at radius 1 is 1.25 bits per heavy atom. The van der Waals surface area contributed by atoms with Crippen LogP contribution in [0.2, 0.25) is 0 Å². The van der Waals surface area contributed by atoms with Crippen molar-refractivity contribution >= 4 is 15.9 Å². The highest BCUT2D eigenvalue weighted by molar-refractivity contribution is 9.10. The van der Waals surface area contributed by atoms with Gasteiger partial charge in [-0.3, -0.25) is 0 Å². The average molecular weight is 340 g/mol. The van der Waals surface area contributed by atoms with E-state index >= 15 is 0 Å². The quantitative estimate of drug-likeness (QED) is 0.641. The Labute approximate surface area is 131 Å². The van der Waals surface area contributed by atoms with E-state index in [9.17, 15) is 0 Å². The fourth-order valence-corrected chi connectivity index (χ4v) is 3.00. The third kappa shape index (κ3) is 5.10. The number of aryl methyl sites for hydroxylation is 1. The van der Waals surface area contributed by atoms with Crippen molar-refractivity contribution < 1.29 is 4.74 Å². The Bertz CT molecular complexity index is 429. The van der Waals surface area contributed by atoms with Crippen molar-refractivity contribution in [3.63, 3.8) is 0 Å². The zero-order valence-corrected chi connectivity index (χ0v) is 14.3. The first-order valence-corrected chi connectivity index (χ1v) is 8.65. The minimum Gasteiger partial charge on any atom is -0.493 e. The zero-order valence-electron chi connectivity index (χ0n) is 12.7. The molecule has 0 aromatic heterocycles. The molecule has 112 valence electrons. The van der Waals surface area contributed by atoms with Crippen LogP contribution >= 0.6 is 15.9 Å². The topological polar surface area (TPSA) is 21.3 Å². The standard InChI is InChI=1S/C17H26BrNO/c1-3-4-5-6-9-20-17-13(2)10-15(18)11-14(17)12-19-16-7-8-16/h10-11,16,19H,3-9,12H2,1-2H3. The van der Waals surface area contributed by atoms with Crippen LogP contribution < -0.4 is 10.1 Å². The van der Waals surface area contributed by atoms with Gasteiger partial charge in [-0.2, -0.15) is 0 Å². The molecule has 1 saturated carbocycles. The lowest BCUT2D eigenvalue weighted by molar-refractivity contribution is 0.299. The van der Waals surface area contributed by atoms with Crippen molar-refractivity contribution in [3.8, 4) is 5.75 Å². The molecule has 20 heavy (non-hydrogen) atoms. The van der Waals surface area contributed by atoms with Gasteiger partial charge < -0.3 is 10.1 Å². The van der Waals surface area contributed by atoms with Crippen LogP contribution in [0.3, 0.4) is 0 Å². The lowest BCUT2D eigenvalue weighted by Gasteiger charge is -2.15. The molecule has 1 fully saturated rings. The molecular formula is C17H26BrNO. The van der Waals surface area contributed by atoms with E-state index in [-0.39, 0.29) is 0 Å². The van der Waals surface area contributed by atoms with Crippen molar-refractivity contribution in [2.75, 3.05) is 6.61 Å². The van der Waals surface area contributed by atoms with Gasteiger partial charge in [0.2, 0.25) is 0 Å². The summed E-state index contributed by atoms with van der Waals surface area (Å²) in [6.45, 7) is 6.11. The summed E-state index contributed by atoms with van der Waals surface area (Å²) in [4.78, 5) is 0. The largest absolute Gasteiger partial charge is 0.493 e. The number of nitrogens with one attached hydrogen (secondary N) is 1. The lowest BCUT2D eigenvalue weighted by Crippen LogP contribution is -2.16. The molecule has 1 aliphatic carbocycles. The molecule has 0 amide bonds. The summed E-state index contributed by atoms with van der Waals surface area (Å²) < 4.78 is 7.20. The van der Waals surface area contributed by atoms with Gasteiger partial charge in [0.1, 0.15) is 5.75 Å². The maximum Gasteiger partial charge on any atom is 0.126 e. The fraction of sp³-hybridized carbons (Fsp3) is 0.647. The Morgan fingerprint density at radius 3 is 2.75 bits per heavy atom. The van der Waals surface area contributed by atoms with Gasteiger partial charge >= 0.3 is 0 Å². The van der Waals surface area contributed by atoms with Crippen LogP contribution in [-0.4, -0.2) is 12.6 Å². The SMILES string of the molecule is CCCCCCOc1c(C)cc(Br)cc1CNC1CC1. The van der Waals surface area contributed by atoms with Gasteiger partial charge in [-0.25, -0.2) is 0 Å². The van der Waals surface area contributed by atoms with E-state index in [0.717, 1.165) is 35.8 Å². The lowest BCUT2D eigenvalue weighted by atomic mass is 10.1. The van der Waals surface area contributed by atoms with Crippen LogP contribution in [0.15, 0.2) is 16.6 Å². The van der Waals surface area contributed by atoms with Gasteiger partial charge in [0.15, 0.2) is 0 Å². The van der Waals surface area contributed by atoms with E-state index in [0.29, 0.717) is 0 Å². The molecule has 2 nitrogen and oxygen atoms in total. The monoisotopic (exact) mass is 339 g/mol. The van der Waals surface area contributed by atoms with Crippen LogP contribution in [0.25, 0.3) is 0 Å². The summed E-state index contributed by atoms with van der Waals surface area (Å²) in [5, 5.41) is 3.58. The first kappa shape index (κ1) is 15.8. The van der Waals surface area contributed by atoms with Gasteiger partial charge in [-0.1, -0.05) is 42.1 Å². The van der Waals surface area contributed by atoms with Crippen molar-refractivity contribution in [1.29, 1.82) is 0 Å². The summed E-state index contributed by atoms with van der Waals surface area (Å²) >= 11 is 3.59. The zero-order chi connectivity index (χ0) is 14.4. The Morgan fingerprint density at radius 2 is 2.05 bits per heavy atom. The number of unbranched alkanes of at least 4 members (excludes halogenated alkanes) is 3. The van der Waals surface area contributed by atoms with Crippen LogP contribution in [0.5, 0.6) is 5.75 Å². The number of rotatable bonds is 9. The molecule has 1 aromatic carbocycles. The molecule has 0 bridgehead atoms. The second-order valence-corrected chi connectivity index (χ2v) is 6.69. The normalized spacial score (nSPS) is 14.6. The van der Waals surface area contributed by atoms with Gasteiger partial charge in [-0.15, -0.1) is 0 Å². The molecule has 1 aliphatic rings. The molecule has 0 saturated heterocycles. The Hall–Kier alpha value is -0.540. The van der Waals surface area contributed by atoms with Gasteiger partial charge in [0, 0.05) is 22.6 Å². The molecule has 0 unspecified atom stereocenters. The molecule has 0 spiro atoms. The first-order valence-electron chi connectivity index (χ1n) is 7.86. The molecular weight excluding hydrogens is 314 g/mol. The maximum absolute atomic E-state index is 6.06. The van der Waals surface area contributed by atoms with E-state index in [1.807, 2.05) is 0 Å². The second-order valence-electron chi connectivity index (χ2n) is 5.78. The second kappa shape index (κ2) is 8.04. The van der Waals surface area contributed by atoms with Gasteiger partial charge in [0.05, 0.1) is 6.61 Å². The van der Waals surface area contributed by atoms with Crippen molar-refractivity contribution in [2.24, 2.45) is 0 Å². The van der Waals surface area contributed by atoms with Crippen molar-refractivity contribution in [2.45, 2.75) is 65.0 Å². The fourth-order valence-electron chi connectivity index (χ4n) is 2.38. The van der Waals surface area contributed by atoms with Crippen LogP contribution in [0, 0.1) is 6.92 Å². The van der Waals surface area contributed by atoms with Gasteiger partial charge in [0.25, 0.3) is 0 Å². The first-order chi connectivity index (χ1) is 9.70. The predicted octanol–water partition coefficient (Wildman–Crippen LogP) is 4.97. The molecule has 1 N–H and O–H groups in total. The van der Waals surface area contributed by atoms with E-state index in [1.165, 1.54) is 43.2 Å². The summed E-state index contributed by atoms with van der Waals surface area (Å²) in [6, 6.07) is 5.05. The van der Waals surface area contributed by atoms with Crippen molar-refractivity contribution in [1.82, 2.24) is 5.32 Å². The number of hydrogen-bond donors (Lipinski definition) is 1. The highest BCUT2D eigenvalue weighted by Gasteiger charge is 2.21. The number of ether oxygens (including phenoxy) is 1. The molecule has 0 atom stereocenters. The predicted molar refractivity (Wildman–Crippen MR) is 88.4 cm³/mol. The van der Waals surface area contributed by atoms with E-state index in [2.05, 4.69) is 47.2 Å². The molecule has 3 heteroatoms. The minimum absolute atomic E-state index is 0.728.